The molecule has 2 N–H and O–H groups in total. The van der Waals surface area contributed by atoms with Crippen LogP contribution in [0.5, 0.6) is 0 Å². The van der Waals surface area contributed by atoms with Crippen molar-refractivity contribution in [1.82, 2.24) is 15.1 Å². The van der Waals surface area contributed by atoms with E-state index in [4.69, 9.17) is 4.74 Å². The molecule has 0 radical (unpaired) electrons. The number of esters is 1. The average Bonchev–Trinajstić information content (AvgIpc) is 3.20. The smallest absolute Gasteiger partial charge is 0.327 e. The van der Waals surface area contributed by atoms with Crippen molar-refractivity contribution in [3.63, 3.8) is 0 Å². The Hall–Kier alpha value is -4.27. The Bertz CT molecular complexity index is 1340. The fourth-order valence-electron chi connectivity index (χ4n) is 4.08. The first-order chi connectivity index (χ1) is 17.2. The molecule has 9 heteroatoms. The summed E-state index contributed by atoms with van der Waals surface area (Å²) in [7, 11) is 0. The van der Waals surface area contributed by atoms with Crippen LogP contribution >= 0.6 is 0 Å². The highest BCUT2D eigenvalue weighted by atomic mass is 19.1. The van der Waals surface area contributed by atoms with Crippen molar-refractivity contribution in [1.29, 1.82) is 0 Å². The number of hydrogen-bond acceptors (Lipinski definition) is 5. The fourth-order valence-corrected chi connectivity index (χ4v) is 4.08. The van der Waals surface area contributed by atoms with E-state index in [1.807, 2.05) is 38.1 Å². The van der Waals surface area contributed by atoms with Gasteiger partial charge in [-0.05, 0) is 56.2 Å². The number of benzene rings is 2. The molecule has 0 spiro atoms. The van der Waals surface area contributed by atoms with Gasteiger partial charge in [0.15, 0.2) is 0 Å². The standard InChI is InChI=1S/C27H27FN4O4/c1-4-36-26(34)15-32-17(3)11-24(31-32)19-6-5-16(2)23(12-19)30-27(35)22-14-29-25(33)13-21(22)18-7-9-20(28)10-8-18/h5-12,14,21H,4,13,15H2,1-3H3,(H,29,33)(H,30,35)/t21-/m0/s1. The summed E-state index contributed by atoms with van der Waals surface area (Å²) in [5.74, 6) is -1.83. The Morgan fingerprint density at radius 1 is 1.17 bits per heavy atom. The number of nitrogens with one attached hydrogen (secondary N) is 2. The van der Waals surface area contributed by atoms with Crippen molar-refractivity contribution < 1.29 is 23.5 Å². The van der Waals surface area contributed by atoms with E-state index in [1.54, 1.807) is 23.7 Å². The van der Waals surface area contributed by atoms with Gasteiger partial charge < -0.3 is 15.4 Å². The highest BCUT2D eigenvalue weighted by Crippen LogP contribution is 2.32. The van der Waals surface area contributed by atoms with Gasteiger partial charge in [0.1, 0.15) is 12.4 Å². The van der Waals surface area contributed by atoms with Gasteiger partial charge in [-0.25, -0.2) is 4.39 Å². The first kappa shape index (κ1) is 24.8. The number of aryl methyl sites for hydroxylation is 2. The van der Waals surface area contributed by atoms with E-state index >= 15 is 0 Å². The second-order valence-corrected chi connectivity index (χ2v) is 8.59. The summed E-state index contributed by atoms with van der Waals surface area (Å²) in [6, 6.07) is 13.2. The molecule has 1 aliphatic rings. The Balaban J connectivity index is 1.57. The van der Waals surface area contributed by atoms with Crippen LogP contribution in [0, 0.1) is 19.7 Å². The number of rotatable bonds is 7. The number of hydrogen-bond donors (Lipinski definition) is 2. The number of aromatic nitrogens is 2. The van der Waals surface area contributed by atoms with Crippen LogP contribution in [0.15, 0.2) is 60.3 Å². The zero-order valence-corrected chi connectivity index (χ0v) is 20.3. The summed E-state index contributed by atoms with van der Waals surface area (Å²) in [6.45, 7) is 5.79. The maximum absolute atomic E-state index is 13.4. The quantitative estimate of drug-likeness (QED) is 0.488. The summed E-state index contributed by atoms with van der Waals surface area (Å²) in [4.78, 5) is 37.2. The predicted molar refractivity (Wildman–Crippen MR) is 132 cm³/mol. The van der Waals surface area contributed by atoms with Gasteiger partial charge in [0.05, 0.1) is 12.3 Å². The van der Waals surface area contributed by atoms with Gasteiger partial charge >= 0.3 is 5.97 Å². The molecule has 186 valence electrons. The van der Waals surface area contributed by atoms with Gasteiger partial charge in [-0.2, -0.15) is 5.10 Å². The number of anilines is 1. The van der Waals surface area contributed by atoms with Crippen molar-refractivity contribution in [2.45, 2.75) is 39.7 Å². The molecule has 36 heavy (non-hydrogen) atoms. The minimum Gasteiger partial charge on any atom is -0.465 e. The normalized spacial score (nSPS) is 15.2. The van der Waals surface area contributed by atoms with Gasteiger partial charge in [-0.1, -0.05) is 24.3 Å². The Morgan fingerprint density at radius 2 is 1.92 bits per heavy atom. The minimum absolute atomic E-state index is 0.0137. The first-order valence-electron chi connectivity index (χ1n) is 11.6. The third-order valence-electron chi connectivity index (χ3n) is 6.04. The zero-order chi connectivity index (χ0) is 25.8. The lowest BCUT2D eigenvalue weighted by Gasteiger charge is -2.24. The second kappa shape index (κ2) is 10.6. The highest BCUT2D eigenvalue weighted by Gasteiger charge is 2.29. The molecule has 3 aromatic rings. The molecule has 0 aliphatic carbocycles. The largest absolute Gasteiger partial charge is 0.465 e. The average molecular weight is 491 g/mol. The van der Waals surface area contributed by atoms with Gasteiger partial charge in [0, 0.05) is 41.1 Å². The summed E-state index contributed by atoms with van der Waals surface area (Å²) < 4.78 is 20.0. The molecule has 2 aromatic carbocycles. The van der Waals surface area contributed by atoms with Crippen molar-refractivity contribution in [3.05, 3.63) is 82.9 Å². The van der Waals surface area contributed by atoms with Crippen molar-refractivity contribution >= 4 is 23.5 Å². The number of amides is 2. The molecule has 0 fully saturated rings. The molecule has 1 aliphatic heterocycles. The van der Waals surface area contributed by atoms with Crippen LogP contribution in [-0.2, 0) is 25.7 Å². The third kappa shape index (κ3) is 5.51. The van der Waals surface area contributed by atoms with Crippen LogP contribution in [0.2, 0.25) is 0 Å². The highest BCUT2D eigenvalue weighted by molar-refractivity contribution is 6.07. The summed E-state index contributed by atoms with van der Waals surface area (Å²) in [5, 5.41) is 10.1. The number of carbonyl (C=O) groups excluding carboxylic acids is 3. The molecule has 1 atom stereocenters. The first-order valence-corrected chi connectivity index (χ1v) is 11.6. The molecule has 0 unspecified atom stereocenters. The van der Waals surface area contributed by atoms with E-state index in [9.17, 15) is 18.8 Å². The van der Waals surface area contributed by atoms with Crippen LogP contribution in [0.3, 0.4) is 0 Å². The fraction of sp³-hybridized carbons (Fsp3) is 0.259. The molecule has 0 bridgehead atoms. The van der Waals surface area contributed by atoms with E-state index in [0.29, 0.717) is 29.1 Å². The molecule has 0 saturated heterocycles. The summed E-state index contributed by atoms with van der Waals surface area (Å²) in [6.07, 6.45) is 1.50. The number of halogens is 1. The van der Waals surface area contributed by atoms with Crippen molar-refractivity contribution in [3.8, 4) is 11.3 Å². The topological polar surface area (TPSA) is 102 Å². The van der Waals surface area contributed by atoms with Crippen molar-refractivity contribution in [2.24, 2.45) is 0 Å². The molecule has 8 nitrogen and oxygen atoms in total. The molecule has 4 rings (SSSR count). The van der Waals surface area contributed by atoms with Crippen LogP contribution in [0.25, 0.3) is 11.3 Å². The summed E-state index contributed by atoms with van der Waals surface area (Å²) in [5.41, 5.74) is 4.71. The monoisotopic (exact) mass is 490 g/mol. The van der Waals surface area contributed by atoms with E-state index in [1.165, 1.54) is 18.3 Å². The predicted octanol–water partition coefficient (Wildman–Crippen LogP) is 4.00. The Morgan fingerprint density at radius 3 is 2.64 bits per heavy atom. The van der Waals surface area contributed by atoms with Crippen LogP contribution in [-0.4, -0.2) is 34.2 Å². The molecule has 2 heterocycles. The molecular formula is C27H27FN4O4. The second-order valence-electron chi connectivity index (χ2n) is 8.59. The minimum atomic E-state index is -0.496. The Labute approximate surface area is 208 Å². The lowest BCUT2D eigenvalue weighted by molar-refractivity contribution is -0.144. The van der Waals surface area contributed by atoms with E-state index in [0.717, 1.165) is 16.8 Å². The van der Waals surface area contributed by atoms with E-state index in [2.05, 4.69) is 15.7 Å². The maximum atomic E-state index is 13.4. The lowest BCUT2D eigenvalue weighted by Crippen LogP contribution is -2.32. The number of ether oxygens (including phenoxy) is 1. The van der Waals surface area contributed by atoms with Crippen LogP contribution in [0.1, 0.15) is 36.1 Å². The maximum Gasteiger partial charge on any atom is 0.327 e. The lowest BCUT2D eigenvalue weighted by atomic mass is 9.86. The number of nitrogens with zero attached hydrogens (tertiary/aromatic N) is 2. The Kier molecular flexibility index (Phi) is 7.28. The van der Waals surface area contributed by atoms with Crippen LogP contribution in [0.4, 0.5) is 10.1 Å². The summed E-state index contributed by atoms with van der Waals surface area (Å²) >= 11 is 0. The molecular weight excluding hydrogens is 463 g/mol. The zero-order valence-electron chi connectivity index (χ0n) is 20.3. The third-order valence-corrected chi connectivity index (χ3v) is 6.04. The van der Waals surface area contributed by atoms with E-state index in [-0.39, 0.29) is 36.6 Å². The van der Waals surface area contributed by atoms with Gasteiger partial charge in [-0.15, -0.1) is 0 Å². The SMILES string of the molecule is CCOC(=O)Cn1nc(-c2ccc(C)c(NC(=O)C3=CNC(=O)C[C@H]3c3ccc(F)cc3)c2)cc1C. The molecule has 1 aromatic heterocycles. The van der Waals surface area contributed by atoms with Crippen LogP contribution < -0.4 is 10.6 Å². The molecule has 0 saturated carbocycles. The molecule has 2 amide bonds. The van der Waals surface area contributed by atoms with Gasteiger partial charge in [0.2, 0.25) is 5.91 Å². The number of carbonyl (C=O) groups is 3. The van der Waals surface area contributed by atoms with Gasteiger partial charge in [-0.3, -0.25) is 19.1 Å². The van der Waals surface area contributed by atoms with Gasteiger partial charge in [0.25, 0.3) is 5.91 Å². The van der Waals surface area contributed by atoms with Crippen molar-refractivity contribution in [2.75, 3.05) is 11.9 Å². The van der Waals surface area contributed by atoms with E-state index < -0.39 is 5.92 Å².